The molecule has 80 valence electrons. The summed E-state index contributed by atoms with van der Waals surface area (Å²) < 4.78 is 5.37. The van der Waals surface area contributed by atoms with E-state index in [4.69, 9.17) is 9.68 Å². The molecule has 1 heterocycles. The van der Waals surface area contributed by atoms with E-state index in [0.29, 0.717) is 17.6 Å². The molecular weight excluding hydrogens is 212 g/mol. The summed E-state index contributed by atoms with van der Waals surface area (Å²) in [4.78, 5) is 8.20. The first-order valence-corrected chi connectivity index (χ1v) is 5.69. The number of nitriles is 1. The van der Waals surface area contributed by atoms with Gasteiger partial charge < -0.3 is 4.42 Å². The minimum absolute atomic E-state index is 0.352. The van der Waals surface area contributed by atoms with Crippen molar-refractivity contribution in [2.45, 2.75) is 19.9 Å². The van der Waals surface area contributed by atoms with E-state index in [2.05, 4.69) is 15.3 Å². The van der Waals surface area contributed by atoms with Crippen LogP contribution in [-0.2, 0) is 13.0 Å². The molecule has 0 aliphatic heterocycles. The van der Waals surface area contributed by atoms with Crippen LogP contribution in [0.3, 0.4) is 0 Å². The lowest BCUT2D eigenvalue weighted by Gasteiger charge is -1.96. The van der Waals surface area contributed by atoms with E-state index >= 15 is 0 Å². The van der Waals surface area contributed by atoms with E-state index in [-0.39, 0.29) is 0 Å². The number of hydrogen-bond acceptors (Lipinski definition) is 5. The summed E-state index contributed by atoms with van der Waals surface area (Å²) in [5, 5.41) is 11.4. The number of hydrogen-bond donors (Lipinski definition) is 1. The Balaban J connectivity index is 2.58. The molecule has 0 fully saturated rings. The summed E-state index contributed by atoms with van der Waals surface area (Å²) in [6.07, 6.45) is 6.18. The van der Waals surface area contributed by atoms with Gasteiger partial charge in [0, 0.05) is 6.42 Å². The number of aryl methyl sites for hydroxylation is 1. The Hall–Kier alpha value is -1.48. The molecule has 1 aromatic heterocycles. The highest BCUT2D eigenvalue weighted by atomic mass is 32.2. The van der Waals surface area contributed by atoms with Crippen LogP contribution >= 0.6 is 11.8 Å². The molecule has 0 amide bonds. The Labute approximate surface area is 92.6 Å². The number of aliphatic imine (C=N–C) groups is 1. The number of rotatable bonds is 3. The van der Waals surface area contributed by atoms with Gasteiger partial charge in [-0.05, 0) is 6.26 Å². The van der Waals surface area contributed by atoms with Crippen molar-refractivity contribution in [3.8, 4) is 6.19 Å². The smallest absolute Gasteiger partial charge is 0.216 e. The van der Waals surface area contributed by atoms with Crippen molar-refractivity contribution >= 4 is 16.9 Å². The standard InChI is InChI=1S/C9H12N4OS/c1-3-7-4-11-8(14-7)5-12-9(15-2)13-6-10/h4H,3,5H2,1-2H3,(H,12,13). The fourth-order valence-corrected chi connectivity index (χ4v) is 1.27. The molecule has 0 unspecified atom stereocenters. The summed E-state index contributed by atoms with van der Waals surface area (Å²) in [6, 6.07) is 0. The highest BCUT2D eigenvalue weighted by Gasteiger charge is 2.01. The van der Waals surface area contributed by atoms with Crippen LogP contribution in [0, 0.1) is 11.5 Å². The van der Waals surface area contributed by atoms with Gasteiger partial charge in [-0.2, -0.15) is 5.26 Å². The van der Waals surface area contributed by atoms with Gasteiger partial charge >= 0.3 is 0 Å². The van der Waals surface area contributed by atoms with E-state index in [1.165, 1.54) is 11.8 Å². The Bertz CT molecular complexity index is 380. The lowest BCUT2D eigenvalue weighted by Crippen LogP contribution is -2.13. The lowest BCUT2D eigenvalue weighted by atomic mass is 10.4. The third kappa shape index (κ3) is 3.64. The van der Waals surface area contributed by atoms with Gasteiger partial charge in [0.15, 0.2) is 11.4 Å². The molecule has 5 nitrogen and oxygen atoms in total. The Morgan fingerprint density at radius 3 is 3.13 bits per heavy atom. The van der Waals surface area contributed by atoms with E-state index in [9.17, 15) is 0 Å². The molecule has 0 radical (unpaired) electrons. The van der Waals surface area contributed by atoms with Gasteiger partial charge in [-0.3, -0.25) is 10.3 Å². The first-order valence-electron chi connectivity index (χ1n) is 4.47. The minimum atomic E-state index is 0.352. The molecule has 1 aromatic rings. The molecule has 0 aromatic carbocycles. The maximum Gasteiger partial charge on any atom is 0.216 e. The Morgan fingerprint density at radius 1 is 1.80 bits per heavy atom. The molecule has 0 atom stereocenters. The number of nitrogens with zero attached hydrogens (tertiary/aromatic N) is 3. The van der Waals surface area contributed by atoms with Crippen molar-refractivity contribution in [1.29, 1.82) is 5.26 Å². The van der Waals surface area contributed by atoms with Gasteiger partial charge in [-0.25, -0.2) is 4.98 Å². The summed E-state index contributed by atoms with van der Waals surface area (Å²) in [5.74, 6) is 1.41. The second-order valence-electron chi connectivity index (χ2n) is 2.64. The van der Waals surface area contributed by atoms with Crippen molar-refractivity contribution in [3.63, 3.8) is 0 Å². The van der Waals surface area contributed by atoms with Crippen LogP contribution in [0.5, 0.6) is 0 Å². The fourth-order valence-electron chi connectivity index (χ4n) is 0.927. The fraction of sp³-hybridized carbons (Fsp3) is 0.444. The molecule has 0 aliphatic rings. The van der Waals surface area contributed by atoms with Crippen LogP contribution in [0.2, 0.25) is 0 Å². The van der Waals surface area contributed by atoms with Crippen LogP contribution in [0.25, 0.3) is 0 Å². The zero-order valence-corrected chi connectivity index (χ0v) is 9.47. The molecule has 0 saturated heterocycles. The summed E-state index contributed by atoms with van der Waals surface area (Å²) >= 11 is 1.37. The normalized spacial score (nSPS) is 11.1. The van der Waals surface area contributed by atoms with Crippen molar-refractivity contribution in [2.75, 3.05) is 6.26 Å². The summed E-state index contributed by atoms with van der Waals surface area (Å²) in [5.41, 5.74) is 0. The summed E-state index contributed by atoms with van der Waals surface area (Å²) in [6.45, 7) is 2.35. The maximum atomic E-state index is 8.41. The Kier molecular flexibility index (Phi) is 4.71. The molecule has 0 saturated carbocycles. The van der Waals surface area contributed by atoms with Crippen LogP contribution in [0.4, 0.5) is 0 Å². The predicted molar refractivity (Wildman–Crippen MR) is 59.3 cm³/mol. The average molecular weight is 224 g/mol. The SMILES string of the molecule is CCc1cnc(CN=C(NC#N)SC)o1. The van der Waals surface area contributed by atoms with Crippen LogP contribution in [0.15, 0.2) is 15.6 Å². The molecule has 1 rings (SSSR count). The van der Waals surface area contributed by atoms with Gasteiger partial charge in [0.1, 0.15) is 12.3 Å². The van der Waals surface area contributed by atoms with Crippen molar-refractivity contribution in [2.24, 2.45) is 4.99 Å². The molecule has 1 N–H and O–H groups in total. The highest BCUT2D eigenvalue weighted by molar-refractivity contribution is 8.13. The monoisotopic (exact) mass is 224 g/mol. The molecule has 0 bridgehead atoms. The first-order chi connectivity index (χ1) is 7.30. The second kappa shape index (κ2) is 6.09. The topological polar surface area (TPSA) is 74.2 Å². The number of aromatic nitrogens is 1. The van der Waals surface area contributed by atoms with E-state index in [1.807, 2.05) is 19.4 Å². The largest absolute Gasteiger partial charge is 0.444 e. The lowest BCUT2D eigenvalue weighted by molar-refractivity contribution is 0.461. The summed E-state index contributed by atoms with van der Waals surface area (Å²) in [7, 11) is 0. The molecule has 15 heavy (non-hydrogen) atoms. The number of thioether (sulfide) groups is 1. The van der Waals surface area contributed by atoms with Crippen LogP contribution < -0.4 is 5.32 Å². The molecule has 0 spiro atoms. The van der Waals surface area contributed by atoms with Gasteiger partial charge in [-0.1, -0.05) is 18.7 Å². The third-order valence-electron chi connectivity index (χ3n) is 1.66. The predicted octanol–water partition coefficient (Wildman–Crippen LogP) is 1.53. The van der Waals surface area contributed by atoms with Gasteiger partial charge in [-0.15, -0.1) is 0 Å². The van der Waals surface area contributed by atoms with E-state index in [1.54, 1.807) is 6.20 Å². The zero-order chi connectivity index (χ0) is 11.1. The molecule has 6 heteroatoms. The van der Waals surface area contributed by atoms with Crippen LogP contribution in [0.1, 0.15) is 18.6 Å². The van der Waals surface area contributed by atoms with Crippen LogP contribution in [-0.4, -0.2) is 16.4 Å². The maximum absolute atomic E-state index is 8.41. The Morgan fingerprint density at radius 2 is 2.60 bits per heavy atom. The second-order valence-corrected chi connectivity index (χ2v) is 3.43. The van der Waals surface area contributed by atoms with E-state index in [0.717, 1.165) is 12.2 Å². The van der Waals surface area contributed by atoms with Gasteiger partial charge in [0.2, 0.25) is 5.89 Å². The van der Waals surface area contributed by atoms with Crippen molar-refractivity contribution < 1.29 is 4.42 Å². The van der Waals surface area contributed by atoms with E-state index < -0.39 is 0 Å². The number of nitrogens with one attached hydrogen (secondary N) is 1. The number of oxazole rings is 1. The van der Waals surface area contributed by atoms with Crippen molar-refractivity contribution in [3.05, 3.63) is 17.8 Å². The van der Waals surface area contributed by atoms with Gasteiger partial charge in [0.25, 0.3) is 0 Å². The molecular formula is C9H12N4OS. The third-order valence-corrected chi connectivity index (χ3v) is 2.28. The quantitative estimate of drug-likeness (QED) is 0.365. The van der Waals surface area contributed by atoms with Gasteiger partial charge in [0.05, 0.1) is 6.20 Å². The average Bonchev–Trinajstić information content (AvgIpc) is 2.72. The highest BCUT2D eigenvalue weighted by Crippen LogP contribution is 2.06. The zero-order valence-electron chi connectivity index (χ0n) is 8.65. The number of amidine groups is 1. The first kappa shape index (κ1) is 11.6. The minimum Gasteiger partial charge on any atom is -0.444 e. The van der Waals surface area contributed by atoms with Crippen molar-refractivity contribution in [1.82, 2.24) is 10.3 Å². The molecule has 0 aliphatic carbocycles.